The first-order chi connectivity index (χ1) is 11.0. The highest BCUT2D eigenvalue weighted by Gasteiger charge is 2.31. The average molecular weight is 370 g/mol. The summed E-state index contributed by atoms with van der Waals surface area (Å²) >= 11 is 13.9. The lowest BCUT2D eigenvalue weighted by Gasteiger charge is -2.35. The molecular formula is C17H17Cl2NO2S. The highest BCUT2D eigenvalue weighted by molar-refractivity contribution is 7.10. The zero-order chi connectivity index (χ0) is 16.6. The van der Waals surface area contributed by atoms with Crippen molar-refractivity contribution >= 4 is 40.4 Å². The molecular weight excluding hydrogens is 353 g/mol. The fourth-order valence-electron chi connectivity index (χ4n) is 2.86. The second kappa shape index (κ2) is 6.71. The first-order valence-electron chi connectivity index (χ1n) is 7.46. The van der Waals surface area contributed by atoms with E-state index in [-0.39, 0.29) is 11.9 Å². The summed E-state index contributed by atoms with van der Waals surface area (Å²) in [7, 11) is 0. The monoisotopic (exact) mass is 369 g/mol. The molecule has 0 saturated heterocycles. The molecule has 3 nitrogen and oxygen atoms in total. The standard InChI is InChI=1S/C17H17Cl2NO2S/c1-10-12-7-9-23-15(12)6-8-20(10)17(21)11(2)22-14-5-3-4-13(18)16(14)19/h3-5,7,9-11H,6,8H2,1-2H3/t10-,11+/m1/s1. The van der Waals surface area contributed by atoms with Crippen molar-refractivity contribution in [3.8, 4) is 5.75 Å². The van der Waals surface area contributed by atoms with Gasteiger partial charge in [-0.25, -0.2) is 0 Å². The van der Waals surface area contributed by atoms with Crippen LogP contribution in [0.15, 0.2) is 29.6 Å². The third kappa shape index (κ3) is 3.21. The molecule has 1 amide bonds. The molecule has 0 N–H and O–H groups in total. The van der Waals surface area contributed by atoms with E-state index in [1.54, 1.807) is 36.5 Å². The van der Waals surface area contributed by atoms with Crippen molar-refractivity contribution in [1.29, 1.82) is 0 Å². The van der Waals surface area contributed by atoms with Crippen molar-refractivity contribution in [2.45, 2.75) is 32.4 Å². The van der Waals surface area contributed by atoms with Gasteiger partial charge in [0.1, 0.15) is 10.8 Å². The summed E-state index contributed by atoms with van der Waals surface area (Å²) in [4.78, 5) is 16.0. The third-order valence-electron chi connectivity index (χ3n) is 4.13. The van der Waals surface area contributed by atoms with Crippen LogP contribution in [-0.4, -0.2) is 23.5 Å². The van der Waals surface area contributed by atoms with Gasteiger partial charge in [-0.2, -0.15) is 0 Å². The number of ether oxygens (including phenoxy) is 1. The normalized spacial score (nSPS) is 18.4. The highest BCUT2D eigenvalue weighted by Crippen LogP contribution is 2.35. The summed E-state index contributed by atoms with van der Waals surface area (Å²) in [6.45, 7) is 4.52. The first kappa shape index (κ1) is 16.6. The number of rotatable bonds is 3. The SMILES string of the molecule is C[C@H](Oc1cccc(Cl)c1Cl)C(=O)N1CCc2sccc2[C@H]1C. The number of fused-ring (bicyclic) bond motifs is 1. The Hall–Kier alpha value is -1.23. The van der Waals surface area contributed by atoms with E-state index in [9.17, 15) is 4.79 Å². The molecule has 0 bridgehead atoms. The molecule has 1 aromatic heterocycles. The fraction of sp³-hybridized carbons (Fsp3) is 0.353. The second-order valence-electron chi connectivity index (χ2n) is 5.57. The molecule has 0 fully saturated rings. The molecule has 122 valence electrons. The van der Waals surface area contributed by atoms with Crippen molar-refractivity contribution in [3.63, 3.8) is 0 Å². The van der Waals surface area contributed by atoms with Gasteiger partial charge in [-0.05, 0) is 49.4 Å². The van der Waals surface area contributed by atoms with E-state index in [0.29, 0.717) is 22.3 Å². The number of carbonyl (C=O) groups is 1. The number of thiophene rings is 1. The Morgan fingerprint density at radius 3 is 2.96 bits per heavy atom. The number of hydrogen-bond acceptors (Lipinski definition) is 3. The van der Waals surface area contributed by atoms with E-state index < -0.39 is 6.10 Å². The summed E-state index contributed by atoms with van der Waals surface area (Å²) in [5.41, 5.74) is 1.24. The number of benzene rings is 1. The lowest BCUT2D eigenvalue weighted by molar-refractivity contribution is -0.140. The van der Waals surface area contributed by atoms with Gasteiger partial charge in [-0.15, -0.1) is 11.3 Å². The minimum Gasteiger partial charge on any atom is -0.479 e. The van der Waals surface area contributed by atoms with Crippen LogP contribution in [0.1, 0.15) is 30.3 Å². The van der Waals surface area contributed by atoms with E-state index in [1.165, 1.54) is 10.4 Å². The van der Waals surface area contributed by atoms with Gasteiger partial charge in [0.2, 0.25) is 0 Å². The van der Waals surface area contributed by atoms with E-state index in [2.05, 4.69) is 18.4 Å². The molecule has 0 radical (unpaired) electrons. The summed E-state index contributed by atoms with van der Waals surface area (Å²) in [6, 6.07) is 7.33. The molecule has 2 atom stereocenters. The number of amides is 1. The van der Waals surface area contributed by atoms with Crippen LogP contribution in [0.5, 0.6) is 5.75 Å². The molecule has 1 aromatic carbocycles. The van der Waals surface area contributed by atoms with E-state index >= 15 is 0 Å². The van der Waals surface area contributed by atoms with Crippen LogP contribution in [0.3, 0.4) is 0 Å². The van der Waals surface area contributed by atoms with Crippen molar-refractivity contribution in [2.24, 2.45) is 0 Å². The highest BCUT2D eigenvalue weighted by atomic mass is 35.5. The molecule has 6 heteroatoms. The van der Waals surface area contributed by atoms with E-state index in [4.69, 9.17) is 27.9 Å². The van der Waals surface area contributed by atoms with Crippen molar-refractivity contribution < 1.29 is 9.53 Å². The number of halogens is 2. The molecule has 3 rings (SSSR count). The number of carbonyl (C=O) groups excluding carboxylic acids is 1. The topological polar surface area (TPSA) is 29.5 Å². The van der Waals surface area contributed by atoms with Crippen molar-refractivity contribution in [3.05, 3.63) is 50.1 Å². The molecule has 0 saturated carbocycles. The Balaban J connectivity index is 1.74. The number of hydrogen-bond donors (Lipinski definition) is 0. The van der Waals surface area contributed by atoms with Gasteiger partial charge >= 0.3 is 0 Å². The summed E-state index contributed by atoms with van der Waals surface area (Å²) < 4.78 is 5.75. The van der Waals surface area contributed by atoms with Crippen LogP contribution >= 0.6 is 34.5 Å². The van der Waals surface area contributed by atoms with E-state index in [1.807, 2.05) is 4.90 Å². The number of nitrogens with zero attached hydrogens (tertiary/aromatic N) is 1. The average Bonchev–Trinajstić information content (AvgIpc) is 3.01. The van der Waals surface area contributed by atoms with Crippen LogP contribution in [0.4, 0.5) is 0 Å². The van der Waals surface area contributed by atoms with Gasteiger partial charge in [0.05, 0.1) is 11.1 Å². The van der Waals surface area contributed by atoms with Gasteiger partial charge in [0.15, 0.2) is 6.10 Å². The van der Waals surface area contributed by atoms with Gasteiger partial charge < -0.3 is 9.64 Å². The minimum atomic E-state index is -0.617. The molecule has 0 unspecified atom stereocenters. The maximum absolute atomic E-state index is 12.8. The molecule has 1 aliphatic heterocycles. The predicted octanol–water partition coefficient (Wildman–Crippen LogP) is 4.97. The Bertz CT molecular complexity index is 731. The predicted molar refractivity (Wildman–Crippen MR) is 94.7 cm³/mol. The van der Waals surface area contributed by atoms with Crippen molar-refractivity contribution in [1.82, 2.24) is 4.90 Å². The summed E-state index contributed by atoms with van der Waals surface area (Å²) in [6.07, 6.45) is 0.280. The van der Waals surface area contributed by atoms with Gasteiger partial charge in [-0.3, -0.25) is 4.79 Å². The quantitative estimate of drug-likeness (QED) is 0.764. The molecule has 1 aliphatic rings. The second-order valence-corrected chi connectivity index (χ2v) is 7.35. The zero-order valence-electron chi connectivity index (χ0n) is 12.9. The van der Waals surface area contributed by atoms with Crippen LogP contribution < -0.4 is 4.74 Å². The van der Waals surface area contributed by atoms with Gasteiger partial charge in [0.25, 0.3) is 5.91 Å². The zero-order valence-corrected chi connectivity index (χ0v) is 15.2. The third-order valence-corrected chi connectivity index (χ3v) is 5.93. The Kier molecular flexibility index (Phi) is 4.85. The fourth-order valence-corrected chi connectivity index (χ4v) is 4.16. The lowest BCUT2D eigenvalue weighted by atomic mass is 10.0. The van der Waals surface area contributed by atoms with E-state index in [0.717, 1.165) is 6.42 Å². The summed E-state index contributed by atoms with van der Waals surface area (Å²) in [5.74, 6) is 0.395. The van der Waals surface area contributed by atoms with Crippen LogP contribution in [0, 0.1) is 0 Å². The van der Waals surface area contributed by atoms with Gasteiger partial charge in [-0.1, -0.05) is 29.3 Å². The minimum absolute atomic E-state index is 0.0367. The van der Waals surface area contributed by atoms with Crippen LogP contribution in [-0.2, 0) is 11.2 Å². The van der Waals surface area contributed by atoms with Crippen LogP contribution in [0.2, 0.25) is 10.0 Å². The molecule has 2 heterocycles. The Labute approximate surface area is 149 Å². The van der Waals surface area contributed by atoms with Crippen molar-refractivity contribution in [2.75, 3.05) is 6.54 Å². The van der Waals surface area contributed by atoms with Gasteiger partial charge in [0, 0.05) is 11.4 Å². The maximum Gasteiger partial charge on any atom is 0.263 e. The Morgan fingerprint density at radius 2 is 2.17 bits per heavy atom. The summed E-state index contributed by atoms with van der Waals surface area (Å²) in [5, 5.41) is 2.83. The molecule has 23 heavy (non-hydrogen) atoms. The molecule has 2 aromatic rings. The molecule has 0 aliphatic carbocycles. The molecule has 0 spiro atoms. The van der Waals surface area contributed by atoms with Crippen LogP contribution in [0.25, 0.3) is 0 Å². The largest absolute Gasteiger partial charge is 0.479 e. The Morgan fingerprint density at radius 1 is 1.39 bits per heavy atom. The smallest absolute Gasteiger partial charge is 0.263 e. The first-order valence-corrected chi connectivity index (χ1v) is 9.10. The lowest BCUT2D eigenvalue weighted by Crippen LogP contribution is -2.44. The maximum atomic E-state index is 12.8.